The van der Waals surface area contributed by atoms with Gasteiger partial charge in [-0.1, -0.05) is 39.8 Å². The van der Waals surface area contributed by atoms with E-state index in [1.165, 1.54) is 0 Å². The average molecular weight is 384 g/mol. The summed E-state index contributed by atoms with van der Waals surface area (Å²) >= 11 is 0. The molecule has 5 heteroatoms. The Morgan fingerprint density at radius 2 is 1.75 bits per heavy atom. The van der Waals surface area contributed by atoms with Gasteiger partial charge in [0, 0.05) is 25.0 Å². The van der Waals surface area contributed by atoms with Crippen LogP contribution in [0, 0.1) is 10.8 Å². The molecule has 0 aromatic heterocycles. The molecule has 0 bridgehead atoms. The first kappa shape index (κ1) is 19.3. The third-order valence-corrected chi connectivity index (χ3v) is 6.73. The van der Waals surface area contributed by atoms with E-state index in [1.54, 1.807) is 0 Å². The van der Waals surface area contributed by atoms with Crippen molar-refractivity contribution in [3.05, 3.63) is 24.3 Å². The molecule has 5 nitrogen and oxygen atoms in total. The van der Waals surface area contributed by atoms with Gasteiger partial charge in [0.05, 0.1) is 11.4 Å². The first-order valence-corrected chi connectivity index (χ1v) is 10.6. The smallest absolute Gasteiger partial charge is 0.252 e. The van der Waals surface area contributed by atoms with E-state index in [4.69, 9.17) is 0 Å². The zero-order valence-electron chi connectivity index (χ0n) is 17.7. The molecule has 1 aromatic carbocycles. The van der Waals surface area contributed by atoms with Crippen LogP contribution in [-0.4, -0.2) is 41.9 Å². The van der Waals surface area contributed by atoms with Gasteiger partial charge in [0.2, 0.25) is 5.91 Å². The number of rotatable bonds is 3. The van der Waals surface area contributed by atoms with E-state index in [1.807, 2.05) is 28.0 Å². The van der Waals surface area contributed by atoms with Crippen LogP contribution in [0.5, 0.6) is 0 Å². The number of para-hydroxylation sites is 2. The van der Waals surface area contributed by atoms with Crippen molar-refractivity contribution in [2.75, 3.05) is 29.9 Å². The Bertz CT molecular complexity index is 783. The molecule has 1 aliphatic carbocycles. The summed E-state index contributed by atoms with van der Waals surface area (Å²) in [6.07, 6.45) is 4.30. The zero-order valence-corrected chi connectivity index (χ0v) is 17.7. The lowest BCUT2D eigenvalue weighted by molar-refractivity contribution is -0.139. The molecule has 2 fully saturated rings. The van der Waals surface area contributed by atoms with Gasteiger partial charge in [-0.25, -0.2) is 0 Å². The summed E-state index contributed by atoms with van der Waals surface area (Å²) in [7, 11) is 0. The summed E-state index contributed by atoms with van der Waals surface area (Å²) in [5, 5.41) is 3.57. The van der Waals surface area contributed by atoms with Gasteiger partial charge in [0.25, 0.3) is 5.91 Å². The Labute approximate surface area is 168 Å². The van der Waals surface area contributed by atoms with Crippen LogP contribution in [0.25, 0.3) is 0 Å². The number of carbonyl (C=O) groups is 2. The van der Waals surface area contributed by atoms with E-state index >= 15 is 0 Å². The predicted molar refractivity (Wildman–Crippen MR) is 112 cm³/mol. The van der Waals surface area contributed by atoms with E-state index in [-0.39, 0.29) is 22.6 Å². The normalized spacial score (nSPS) is 22.6. The maximum absolute atomic E-state index is 13.6. The number of benzene rings is 1. The number of piperidine rings is 1. The van der Waals surface area contributed by atoms with Gasteiger partial charge in [0.1, 0.15) is 5.54 Å². The zero-order chi connectivity index (χ0) is 20.2. The Morgan fingerprint density at radius 1 is 1.11 bits per heavy atom. The third kappa shape index (κ3) is 3.40. The van der Waals surface area contributed by atoms with Crippen LogP contribution in [-0.2, 0) is 9.59 Å². The topological polar surface area (TPSA) is 52.7 Å². The standard InChI is InChI=1S/C23H33N3O2/c1-21(2,3)11-16-26-18-8-6-5-7-17(18)24-23(20(26)28)12-14-25(15-13-23)19(27)22(4)9-10-22/h5-8,24H,9-16H2,1-4H3. The van der Waals surface area contributed by atoms with Crippen LogP contribution >= 0.6 is 0 Å². The summed E-state index contributed by atoms with van der Waals surface area (Å²) in [4.78, 5) is 30.3. The molecule has 0 radical (unpaired) electrons. The minimum absolute atomic E-state index is 0.139. The van der Waals surface area contributed by atoms with E-state index in [0.717, 1.165) is 37.2 Å². The molecule has 2 aliphatic heterocycles. The lowest BCUT2D eigenvalue weighted by Crippen LogP contribution is -2.62. The maximum atomic E-state index is 13.6. The molecule has 1 aromatic rings. The van der Waals surface area contributed by atoms with Crippen molar-refractivity contribution in [1.29, 1.82) is 0 Å². The van der Waals surface area contributed by atoms with Gasteiger partial charge in [-0.3, -0.25) is 9.59 Å². The van der Waals surface area contributed by atoms with E-state index in [2.05, 4.69) is 39.1 Å². The minimum atomic E-state index is -0.590. The average Bonchev–Trinajstić information content (AvgIpc) is 3.40. The third-order valence-electron chi connectivity index (χ3n) is 6.73. The Morgan fingerprint density at radius 3 is 2.36 bits per heavy atom. The molecule has 152 valence electrons. The molecule has 0 atom stereocenters. The minimum Gasteiger partial charge on any atom is -0.369 e. The van der Waals surface area contributed by atoms with Crippen molar-refractivity contribution in [3.63, 3.8) is 0 Å². The molecule has 1 saturated heterocycles. The number of carbonyl (C=O) groups excluding carboxylic acids is 2. The van der Waals surface area contributed by atoms with Crippen molar-refractivity contribution < 1.29 is 9.59 Å². The van der Waals surface area contributed by atoms with Crippen LogP contribution in [0.2, 0.25) is 0 Å². The molecule has 4 rings (SSSR count). The lowest BCUT2D eigenvalue weighted by Gasteiger charge is -2.48. The predicted octanol–water partition coefficient (Wildman–Crippen LogP) is 4.04. The number of fused-ring (bicyclic) bond motifs is 1. The first-order valence-electron chi connectivity index (χ1n) is 10.6. The largest absolute Gasteiger partial charge is 0.369 e. The van der Waals surface area contributed by atoms with E-state index in [9.17, 15) is 9.59 Å². The van der Waals surface area contributed by atoms with E-state index in [0.29, 0.717) is 25.9 Å². The van der Waals surface area contributed by atoms with Crippen molar-refractivity contribution in [3.8, 4) is 0 Å². The number of nitrogens with zero attached hydrogens (tertiary/aromatic N) is 2. The second kappa shape index (κ2) is 6.50. The highest BCUT2D eigenvalue weighted by molar-refractivity contribution is 6.08. The Balaban J connectivity index is 1.55. The van der Waals surface area contributed by atoms with Crippen LogP contribution in [0.15, 0.2) is 24.3 Å². The number of hydrogen-bond acceptors (Lipinski definition) is 3. The van der Waals surface area contributed by atoms with Gasteiger partial charge in [-0.2, -0.15) is 0 Å². The summed E-state index contributed by atoms with van der Waals surface area (Å²) in [6, 6.07) is 8.11. The Hall–Kier alpha value is -2.04. The highest BCUT2D eigenvalue weighted by atomic mass is 16.2. The molecule has 2 heterocycles. The van der Waals surface area contributed by atoms with Gasteiger partial charge < -0.3 is 15.1 Å². The second-order valence-corrected chi connectivity index (χ2v) is 10.3. The summed E-state index contributed by atoms with van der Waals surface area (Å²) in [5.74, 6) is 0.441. The number of hydrogen-bond donors (Lipinski definition) is 1. The number of nitrogens with one attached hydrogen (secondary N) is 1. The van der Waals surface area contributed by atoms with Crippen molar-refractivity contribution in [1.82, 2.24) is 4.90 Å². The monoisotopic (exact) mass is 383 g/mol. The lowest BCUT2D eigenvalue weighted by atomic mass is 9.82. The molecular weight excluding hydrogens is 350 g/mol. The molecule has 2 amide bonds. The summed E-state index contributed by atoms with van der Waals surface area (Å²) in [5.41, 5.74) is 1.45. The van der Waals surface area contributed by atoms with Crippen molar-refractivity contribution >= 4 is 23.2 Å². The fourth-order valence-corrected chi connectivity index (χ4v) is 4.38. The van der Waals surface area contributed by atoms with E-state index < -0.39 is 5.54 Å². The van der Waals surface area contributed by atoms with Crippen LogP contribution in [0.4, 0.5) is 11.4 Å². The van der Waals surface area contributed by atoms with Crippen LogP contribution < -0.4 is 10.2 Å². The fraction of sp³-hybridized carbons (Fsp3) is 0.652. The van der Waals surface area contributed by atoms with Crippen molar-refractivity contribution in [2.24, 2.45) is 10.8 Å². The summed E-state index contributed by atoms with van der Waals surface area (Å²) in [6.45, 7) is 10.7. The summed E-state index contributed by atoms with van der Waals surface area (Å²) < 4.78 is 0. The SMILES string of the molecule is CC(C)(C)CCN1C(=O)C2(CCN(C(=O)C3(C)CC3)CC2)Nc2ccccc21. The van der Waals surface area contributed by atoms with Gasteiger partial charge in [-0.05, 0) is 49.7 Å². The molecule has 1 N–H and O–H groups in total. The fourth-order valence-electron chi connectivity index (χ4n) is 4.38. The van der Waals surface area contributed by atoms with Crippen LogP contribution in [0.3, 0.4) is 0 Å². The van der Waals surface area contributed by atoms with Crippen LogP contribution in [0.1, 0.15) is 59.8 Å². The highest BCUT2D eigenvalue weighted by Gasteiger charge is 2.52. The molecule has 0 unspecified atom stereocenters. The number of amides is 2. The molecule has 28 heavy (non-hydrogen) atoms. The molecule has 1 saturated carbocycles. The van der Waals surface area contributed by atoms with Gasteiger partial charge >= 0.3 is 0 Å². The number of anilines is 2. The molecular formula is C23H33N3O2. The first-order chi connectivity index (χ1) is 13.1. The van der Waals surface area contributed by atoms with Crippen molar-refractivity contribution in [2.45, 2.75) is 65.3 Å². The Kier molecular flexibility index (Phi) is 4.48. The quantitative estimate of drug-likeness (QED) is 0.857. The second-order valence-electron chi connectivity index (χ2n) is 10.3. The molecule has 3 aliphatic rings. The van der Waals surface area contributed by atoms with Gasteiger partial charge in [0.15, 0.2) is 0 Å². The highest BCUT2D eigenvalue weighted by Crippen LogP contribution is 2.48. The maximum Gasteiger partial charge on any atom is 0.252 e. The van der Waals surface area contributed by atoms with Gasteiger partial charge in [-0.15, -0.1) is 0 Å². The molecule has 1 spiro atoms. The number of likely N-dealkylation sites (tertiary alicyclic amines) is 1.